The number of allylic oxidation sites excluding steroid dienone is 1. The minimum Gasteiger partial charge on any atom is -0.493 e. The van der Waals surface area contributed by atoms with Gasteiger partial charge in [-0.15, -0.1) is 10.2 Å². The summed E-state index contributed by atoms with van der Waals surface area (Å²) in [5.41, 5.74) is 11.3. The van der Waals surface area contributed by atoms with Crippen LogP contribution in [-0.4, -0.2) is 128 Å². The summed E-state index contributed by atoms with van der Waals surface area (Å²) in [6.07, 6.45) is 17.3. The zero-order valence-electron chi connectivity index (χ0n) is 48.5. The summed E-state index contributed by atoms with van der Waals surface area (Å²) in [6.45, 7) is 13.1. The Bertz CT molecular complexity index is 3380. The molecular formula is C63H77N11O8S. The van der Waals surface area contributed by atoms with Crippen LogP contribution in [0.25, 0.3) is 15.8 Å². The van der Waals surface area contributed by atoms with Crippen LogP contribution in [-0.2, 0) is 20.7 Å². The molecule has 3 aliphatic heterocycles. The van der Waals surface area contributed by atoms with Crippen molar-refractivity contribution in [1.82, 2.24) is 35.3 Å². The third-order valence-corrected chi connectivity index (χ3v) is 19.8. The topological polar surface area (TPSA) is 248 Å². The fourth-order valence-corrected chi connectivity index (χ4v) is 15.9. The number of likely N-dealkylation sites (N-methyl/N-ethyl adjacent to an activating group) is 1. The molecule has 0 spiro atoms. The molecule has 5 aromatic rings. The first-order chi connectivity index (χ1) is 39.9. The first kappa shape index (κ1) is 57.6. The van der Waals surface area contributed by atoms with Crippen LogP contribution < -0.4 is 26.0 Å². The number of benzene rings is 2. The normalized spacial score (nSPS) is 24.8. The van der Waals surface area contributed by atoms with Gasteiger partial charge in [-0.05, 0) is 144 Å². The van der Waals surface area contributed by atoms with Gasteiger partial charge in [0.2, 0.25) is 11.8 Å². The van der Waals surface area contributed by atoms with Crippen molar-refractivity contribution < 1.29 is 38.6 Å². The van der Waals surface area contributed by atoms with Crippen LogP contribution in [0.15, 0.2) is 65.8 Å². The fourth-order valence-electron chi connectivity index (χ4n) is 15.0. The molecule has 0 radical (unpaired) electrons. The molecule has 19 nitrogen and oxygen atoms in total. The predicted octanol–water partition coefficient (Wildman–Crippen LogP) is 10.4. The molecule has 12 rings (SSSR count). The van der Waals surface area contributed by atoms with E-state index in [0.29, 0.717) is 66.4 Å². The van der Waals surface area contributed by atoms with Gasteiger partial charge in [-0.25, -0.2) is 14.8 Å². The van der Waals surface area contributed by atoms with Gasteiger partial charge in [-0.3, -0.25) is 34.4 Å². The number of hydrogen-bond donors (Lipinski definition) is 4. The standard InChI is InChI=1S/C63H77N11O8S/c1-39-41-19-17-28-73(54(41)71-70-53(39)69-59-66-45-20-12-13-22-48(45)83-59)49-25-23-42(52(67-49)58(79)80)44(32-64)40(2)65-38-62-33-60(3)35-63(37-62,36-61(60,4)34-62)82-31-29-72(5)27-14-10-8-6-7-9-11-15-30-81-47-21-16-18-43-51(47)57(78)74(56(43)77)46-24-26-50(75)68-55(46)76/h12-13,16,18,20-23,25,32,46H,6-11,14-15,17,19,24,26-31,33-38,64H2,1-5H3,(H,79,80)(H,66,69,70)(H,68,75,76)/b44-32+,65-40?. The second-order valence-electron chi connectivity index (χ2n) is 24.8. The Labute approximate surface area is 488 Å². The number of nitrogens with one attached hydrogen (secondary N) is 2. The lowest BCUT2D eigenvalue weighted by molar-refractivity contribution is -0.136. The maximum Gasteiger partial charge on any atom is 0.355 e. The molecule has 5 N–H and O–H groups in total. The van der Waals surface area contributed by atoms with Crippen molar-refractivity contribution in [3.8, 4) is 5.75 Å². The second-order valence-corrected chi connectivity index (χ2v) is 25.9. The molecule has 2 aromatic carbocycles. The van der Waals surface area contributed by atoms with Crippen LogP contribution in [0, 0.1) is 23.2 Å². The van der Waals surface area contributed by atoms with E-state index in [1.54, 1.807) is 35.6 Å². The lowest BCUT2D eigenvalue weighted by Gasteiger charge is -2.47. The number of nitrogens with zero attached hydrogens (tertiary/aromatic N) is 8. The van der Waals surface area contributed by atoms with E-state index < -0.39 is 35.6 Å². The number of carbonyl (C=O) groups is 5. The van der Waals surface area contributed by atoms with Crippen LogP contribution >= 0.6 is 11.3 Å². The maximum atomic E-state index is 13.4. The number of rotatable bonds is 25. The Balaban J connectivity index is 0.620. The molecule has 4 aliphatic carbocycles. The summed E-state index contributed by atoms with van der Waals surface area (Å²) in [6, 6.07) is 15.6. The van der Waals surface area contributed by atoms with Gasteiger partial charge in [-0.2, -0.15) is 0 Å². The quantitative estimate of drug-likeness (QED) is 0.0241. The van der Waals surface area contributed by atoms with E-state index in [1.165, 1.54) is 25.5 Å². The van der Waals surface area contributed by atoms with Crippen molar-refractivity contribution in [2.75, 3.05) is 56.7 Å². The number of pyridine rings is 1. The molecule has 5 fully saturated rings. The molecule has 3 unspecified atom stereocenters. The van der Waals surface area contributed by atoms with Gasteiger partial charge in [0, 0.05) is 60.2 Å². The Kier molecular flexibility index (Phi) is 16.3. The van der Waals surface area contributed by atoms with Gasteiger partial charge in [-0.1, -0.05) is 81.9 Å². The van der Waals surface area contributed by atoms with E-state index in [0.717, 1.165) is 122 Å². The van der Waals surface area contributed by atoms with E-state index in [9.17, 15) is 29.1 Å². The number of imide groups is 2. The highest BCUT2D eigenvalue weighted by Crippen LogP contribution is 2.78. The van der Waals surface area contributed by atoms with E-state index in [4.69, 9.17) is 30.2 Å². The van der Waals surface area contributed by atoms with E-state index >= 15 is 0 Å². The Hall–Kier alpha value is -7.16. The van der Waals surface area contributed by atoms with Crippen LogP contribution in [0.4, 0.5) is 22.6 Å². The average Bonchev–Trinajstić information content (AvgIpc) is 2.97. The third-order valence-electron chi connectivity index (χ3n) is 18.9. The van der Waals surface area contributed by atoms with Crippen LogP contribution in [0.5, 0.6) is 5.75 Å². The number of nitrogens with two attached hydrogens (primary N) is 1. The number of para-hydroxylation sites is 1. The maximum absolute atomic E-state index is 13.4. The molecule has 3 atom stereocenters. The average molecular weight is 1150 g/mol. The summed E-state index contributed by atoms with van der Waals surface area (Å²) < 4.78 is 14.1. The predicted molar refractivity (Wildman–Crippen MR) is 320 cm³/mol. The van der Waals surface area contributed by atoms with Gasteiger partial charge >= 0.3 is 5.97 Å². The number of aliphatic imine (C=N–C) groups is 1. The molecule has 4 amide bonds. The monoisotopic (exact) mass is 1150 g/mol. The van der Waals surface area contributed by atoms with Crippen LogP contribution in [0.1, 0.15) is 171 Å². The zero-order chi connectivity index (χ0) is 58.3. The number of aromatic nitrogens is 4. The van der Waals surface area contributed by atoms with Crippen molar-refractivity contribution in [3.05, 3.63) is 94.3 Å². The largest absolute Gasteiger partial charge is 0.493 e. The summed E-state index contributed by atoms with van der Waals surface area (Å²) in [5.74, 6) is -1.14. The van der Waals surface area contributed by atoms with Gasteiger partial charge in [0.05, 0.1) is 40.2 Å². The number of anilines is 4. The van der Waals surface area contributed by atoms with Crippen molar-refractivity contribution >= 4 is 85.0 Å². The Morgan fingerprint density at radius 2 is 1.64 bits per heavy atom. The molecule has 3 aromatic heterocycles. The molecule has 438 valence electrons. The lowest BCUT2D eigenvalue weighted by atomic mass is 9.64. The first-order valence-corrected chi connectivity index (χ1v) is 30.5. The highest BCUT2D eigenvalue weighted by atomic mass is 32.1. The number of aromatic carboxylic acids is 1. The summed E-state index contributed by atoms with van der Waals surface area (Å²) in [5, 5.41) is 26.3. The Morgan fingerprint density at radius 1 is 0.892 bits per heavy atom. The third kappa shape index (κ3) is 11.4. The first-order valence-electron chi connectivity index (χ1n) is 29.7. The van der Waals surface area contributed by atoms with E-state index in [1.807, 2.05) is 49.1 Å². The number of carbonyl (C=O) groups excluding carboxylic acids is 4. The number of piperidine rings is 1. The second kappa shape index (κ2) is 23.5. The van der Waals surface area contributed by atoms with Crippen molar-refractivity contribution in [3.63, 3.8) is 0 Å². The lowest BCUT2D eigenvalue weighted by Crippen LogP contribution is -2.54. The van der Waals surface area contributed by atoms with Crippen LogP contribution in [0.2, 0.25) is 0 Å². The van der Waals surface area contributed by atoms with Gasteiger partial charge in [0.15, 0.2) is 22.5 Å². The molecule has 1 saturated heterocycles. The molecule has 4 bridgehead atoms. The van der Waals surface area contributed by atoms with E-state index in [-0.39, 0.29) is 51.5 Å². The van der Waals surface area contributed by atoms with Crippen molar-refractivity contribution in [1.29, 1.82) is 0 Å². The Morgan fingerprint density at radius 3 is 2.37 bits per heavy atom. The van der Waals surface area contributed by atoms with Gasteiger partial charge in [0.1, 0.15) is 17.6 Å². The minimum atomic E-state index is -1.15. The highest BCUT2D eigenvalue weighted by molar-refractivity contribution is 7.22. The number of thiazole rings is 1. The molecular weight excluding hydrogens is 1070 g/mol. The summed E-state index contributed by atoms with van der Waals surface area (Å²) >= 11 is 1.56. The van der Waals surface area contributed by atoms with Gasteiger partial charge in [0.25, 0.3) is 11.8 Å². The van der Waals surface area contributed by atoms with Crippen molar-refractivity contribution in [2.24, 2.45) is 27.0 Å². The molecule has 83 heavy (non-hydrogen) atoms. The smallest absolute Gasteiger partial charge is 0.355 e. The fraction of sp³-hybridized carbons (Fsp3) is 0.524. The number of carboxylic acid groups (broad SMARTS) is 1. The van der Waals surface area contributed by atoms with Gasteiger partial charge < -0.3 is 35.4 Å². The minimum absolute atomic E-state index is 0.0269. The number of fused-ring (bicyclic) bond motifs is 3. The van der Waals surface area contributed by atoms with E-state index in [2.05, 4.69) is 46.6 Å². The number of unbranched alkanes of at least 4 members (excludes halogenated alkanes) is 7. The number of hydrogen-bond acceptors (Lipinski definition) is 17. The number of ether oxygens (including phenoxy) is 2. The summed E-state index contributed by atoms with van der Waals surface area (Å²) in [7, 11) is 2.19. The number of amides is 4. The highest BCUT2D eigenvalue weighted by Gasteiger charge is 2.73. The zero-order valence-corrected chi connectivity index (χ0v) is 49.3. The molecule has 4 saturated carbocycles. The molecule has 6 heterocycles. The van der Waals surface area contributed by atoms with Crippen molar-refractivity contribution in [2.45, 2.75) is 148 Å². The SMILES string of the molecule is CC(=NCC12CC3(OCCN(C)CCCCCCCCCCOc4cccc5c4C(=O)N(C4CCC(=O)NC4=O)C5=O)CC(C)(C1)C(C)(C2)C3)/C(=C\N)c1ccc(N2CCCc3c2nnc(Nc2nc4ccccc4s2)c3C)nc1C(=O)O. The molecule has 7 aliphatic rings. The van der Waals surface area contributed by atoms with Crippen LogP contribution in [0.3, 0.4) is 0 Å². The summed E-state index contributed by atoms with van der Waals surface area (Å²) in [4.78, 5) is 83.7. The molecule has 20 heteroatoms. The number of carboxylic acids is 1.